The molecule has 1 atom stereocenters. The number of nitrogens with zero attached hydrogens (tertiary/aromatic N) is 2. The number of hydrogen-bond acceptors (Lipinski definition) is 3. The van der Waals surface area contributed by atoms with Crippen molar-refractivity contribution in [3.8, 4) is 0 Å². The Morgan fingerprint density at radius 1 is 1.33 bits per heavy atom. The second-order valence-corrected chi connectivity index (χ2v) is 5.48. The summed E-state index contributed by atoms with van der Waals surface area (Å²) in [6, 6.07) is 0.127. The van der Waals surface area contributed by atoms with Crippen LogP contribution in [-0.4, -0.2) is 61.0 Å². The van der Waals surface area contributed by atoms with Gasteiger partial charge >= 0.3 is 0 Å². The summed E-state index contributed by atoms with van der Waals surface area (Å²) < 4.78 is 0. The summed E-state index contributed by atoms with van der Waals surface area (Å²) in [7, 11) is 0. The molecule has 0 aromatic carbocycles. The van der Waals surface area contributed by atoms with Crippen LogP contribution in [0.1, 0.15) is 26.2 Å². The Kier molecular flexibility index (Phi) is 4.78. The monoisotopic (exact) mass is 251 g/mol. The van der Waals surface area contributed by atoms with Crippen LogP contribution in [0.4, 0.5) is 0 Å². The predicted molar refractivity (Wildman–Crippen MR) is 73.5 cm³/mol. The van der Waals surface area contributed by atoms with Gasteiger partial charge in [-0.15, -0.1) is 6.58 Å². The zero-order chi connectivity index (χ0) is 13.0. The fourth-order valence-corrected chi connectivity index (χ4v) is 2.80. The van der Waals surface area contributed by atoms with Crippen LogP contribution in [0.25, 0.3) is 0 Å². The van der Waals surface area contributed by atoms with E-state index in [2.05, 4.69) is 23.7 Å². The normalized spacial score (nSPS) is 25.4. The summed E-state index contributed by atoms with van der Waals surface area (Å²) in [6.45, 7) is 11.7. The molecule has 0 aromatic heterocycles. The van der Waals surface area contributed by atoms with Crippen LogP contribution >= 0.6 is 0 Å². The quantitative estimate of drug-likeness (QED) is 0.752. The highest BCUT2D eigenvalue weighted by Gasteiger charge is 2.33. The average molecular weight is 251 g/mol. The van der Waals surface area contributed by atoms with Crippen molar-refractivity contribution in [1.29, 1.82) is 0 Å². The van der Waals surface area contributed by atoms with Crippen LogP contribution in [0.5, 0.6) is 0 Å². The van der Waals surface area contributed by atoms with Crippen molar-refractivity contribution < 1.29 is 4.79 Å². The summed E-state index contributed by atoms with van der Waals surface area (Å²) in [4.78, 5) is 16.9. The fraction of sp³-hybridized carbons (Fsp3) is 0.786. The first-order chi connectivity index (χ1) is 8.68. The van der Waals surface area contributed by atoms with E-state index >= 15 is 0 Å². The minimum absolute atomic E-state index is 0.127. The highest BCUT2D eigenvalue weighted by molar-refractivity contribution is 5.82. The smallest absolute Gasteiger partial charge is 0.240 e. The number of piperazine rings is 1. The highest BCUT2D eigenvalue weighted by atomic mass is 16.2. The van der Waals surface area contributed by atoms with Crippen molar-refractivity contribution >= 4 is 5.91 Å². The van der Waals surface area contributed by atoms with Crippen LogP contribution in [0.3, 0.4) is 0 Å². The lowest BCUT2D eigenvalue weighted by molar-refractivity contribution is -0.136. The Bertz CT molecular complexity index is 310. The minimum atomic E-state index is 0.127. The fourth-order valence-electron chi connectivity index (χ4n) is 2.80. The van der Waals surface area contributed by atoms with Gasteiger partial charge in [0.25, 0.3) is 0 Å². The molecule has 0 radical (unpaired) electrons. The first kappa shape index (κ1) is 13.6. The van der Waals surface area contributed by atoms with Gasteiger partial charge in [-0.05, 0) is 32.7 Å². The first-order valence-corrected chi connectivity index (χ1v) is 7.06. The number of rotatable bonds is 4. The zero-order valence-electron chi connectivity index (χ0n) is 11.5. The number of amides is 1. The van der Waals surface area contributed by atoms with Gasteiger partial charge in [-0.2, -0.15) is 0 Å². The maximum Gasteiger partial charge on any atom is 0.240 e. The second-order valence-electron chi connectivity index (χ2n) is 5.48. The molecule has 0 bridgehead atoms. The summed E-state index contributed by atoms with van der Waals surface area (Å²) in [6.07, 6.45) is 3.18. The summed E-state index contributed by atoms with van der Waals surface area (Å²) in [5.41, 5.74) is 1.20. The van der Waals surface area contributed by atoms with Crippen LogP contribution in [0.15, 0.2) is 12.2 Å². The Hall–Kier alpha value is -0.870. The molecule has 2 rings (SSSR count). The van der Waals surface area contributed by atoms with Gasteiger partial charge in [-0.1, -0.05) is 5.57 Å². The molecule has 2 saturated heterocycles. The topological polar surface area (TPSA) is 35.6 Å². The molecule has 4 nitrogen and oxygen atoms in total. The van der Waals surface area contributed by atoms with Gasteiger partial charge in [-0.3, -0.25) is 9.69 Å². The van der Waals surface area contributed by atoms with Crippen molar-refractivity contribution in [2.75, 3.05) is 39.3 Å². The van der Waals surface area contributed by atoms with E-state index in [4.69, 9.17) is 0 Å². The van der Waals surface area contributed by atoms with Gasteiger partial charge < -0.3 is 10.2 Å². The molecular formula is C14H25N3O. The molecule has 2 aliphatic heterocycles. The average Bonchev–Trinajstić information content (AvgIpc) is 2.85. The lowest BCUT2D eigenvalue weighted by Gasteiger charge is -2.33. The van der Waals surface area contributed by atoms with Gasteiger partial charge in [-0.25, -0.2) is 0 Å². The lowest BCUT2D eigenvalue weighted by atomic mass is 10.1. The number of likely N-dealkylation sites (tertiary alicyclic amines) is 1. The van der Waals surface area contributed by atoms with Gasteiger partial charge in [0, 0.05) is 32.7 Å². The molecule has 102 valence electrons. The number of carbonyl (C=O) groups is 1. The van der Waals surface area contributed by atoms with Gasteiger partial charge in [0.2, 0.25) is 5.91 Å². The third kappa shape index (κ3) is 3.33. The Balaban J connectivity index is 1.89. The third-order valence-corrected chi connectivity index (χ3v) is 3.90. The van der Waals surface area contributed by atoms with E-state index in [0.717, 1.165) is 58.5 Å². The lowest BCUT2D eigenvalue weighted by Crippen LogP contribution is -2.52. The molecule has 1 unspecified atom stereocenters. The van der Waals surface area contributed by atoms with E-state index < -0.39 is 0 Å². The molecule has 18 heavy (non-hydrogen) atoms. The molecule has 2 heterocycles. The van der Waals surface area contributed by atoms with E-state index in [0.29, 0.717) is 5.91 Å². The summed E-state index contributed by atoms with van der Waals surface area (Å²) in [5.74, 6) is 0.343. The zero-order valence-corrected chi connectivity index (χ0v) is 11.5. The standard InChI is InChI=1S/C14H25N3O/c1-12(2)5-9-16-8-3-4-13(16)14(18)17-10-6-15-7-11-17/h13,15H,1,3-11H2,2H3. The number of carbonyl (C=O) groups excluding carboxylic acids is 1. The molecule has 0 aliphatic carbocycles. The maximum absolute atomic E-state index is 12.5. The molecule has 2 fully saturated rings. The molecule has 2 aliphatic rings. The maximum atomic E-state index is 12.5. The van der Waals surface area contributed by atoms with Crippen LogP contribution in [0.2, 0.25) is 0 Å². The molecule has 0 saturated carbocycles. The summed E-state index contributed by atoms with van der Waals surface area (Å²) in [5, 5.41) is 3.29. The Labute approximate surface area is 110 Å². The van der Waals surface area contributed by atoms with Gasteiger partial charge in [0.15, 0.2) is 0 Å². The predicted octanol–water partition coefficient (Wildman–Crippen LogP) is 0.849. The van der Waals surface area contributed by atoms with Gasteiger partial charge in [0.1, 0.15) is 0 Å². The van der Waals surface area contributed by atoms with Crippen molar-refractivity contribution in [2.24, 2.45) is 0 Å². The van der Waals surface area contributed by atoms with E-state index in [1.165, 1.54) is 5.57 Å². The Morgan fingerprint density at radius 2 is 2.06 bits per heavy atom. The van der Waals surface area contributed by atoms with E-state index in [1.54, 1.807) is 0 Å². The number of hydrogen-bond donors (Lipinski definition) is 1. The van der Waals surface area contributed by atoms with Crippen molar-refractivity contribution in [1.82, 2.24) is 15.1 Å². The van der Waals surface area contributed by atoms with Crippen LogP contribution in [-0.2, 0) is 4.79 Å². The minimum Gasteiger partial charge on any atom is -0.339 e. The molecule has 4 heteroatoms. The van der Waals surface area contributed by atoms with E-state index in [9.17, 15) is 4.79 Å². The molecule has 0 spiro atoms. The van der Waals surface area contributed by atoms with Crippen LogP contribution in [0, 0.1) is 0 Å². The van der Waals surface area contributed by atoms with Crippen LogP contribution < -0.4 is 5.32 Å². The third-order valence-electron chi connectivity index (χ3n) is 3.90. The van der Waals surface area contributed by atoms with Crippen molar-refractivity contribution in [2.45, 2.75) is 32.2 Å². The molecule has 1 N–H and O–H groups in total. The first-order valence-electron chi connectivity index (χ1n) is 7.06. The summed E-state index contributed by atoms with van der Waals surface area (Å²) >= 11 is 0. The molecule has 0 aromatic rings. The van der Waals surface area contributed by atoms with E-state index in [1.807, 2.05) is 4.90 Å². The molecular weight excluding hydrogens is 226 g/mol. The van der Waals surface area contributed by atoms with E-state index in [-0.39, 0.29) is 6.04 Å². The largest absolute Gasteiger partial charge is 0.339 e. The van der Waals surface area contributed by atoms with Crippen molar-refractivity contribution in [3.63, 3.8) is 0 Å². The SMILES string of the molecule is C=C(C)CCN1CCCC1C(=O)N1CCNCC1. The van der Waals surface area contributed by atoms with Gasteiger partial charge in [0.05, 0.1) is 6.04 Å². The Morgan fingerprint density at radius 3 is 2.72 bits per heavy atom. The highest BCUT2D eigenvalue weighted by Crippen LogP contribution is 2.20. The number of nitrogens with one attached hydrogen (secondary N) is 1. The molecule has 1 amide bonds. The second kappa shape index (κ2) is 6.34. The van der Waals surface area contributed by atoms with Crippen molar-refractivity contribution in [3.05, 3.63) is 12.2 Å².